The van der Waals surface area contributed by atoms with Crippen molar-refractivity contribution >= 4 is 35.2 Å². The van der Waals surface area contributed by atoms with Gasteiger partial charge in [0.05, 0.1) is 0 Å². The first-order valence-corrected chi connectivity index (χ1v) is 9.81. The van der Waals surface area contributed by atoms with E-state index in [0.29, 0.717) is 43.1 Å². The van der Waals surface area contributed by atoms with Gasteiger partial charge in [0.2, 0.25) is 5.91 Å². The highest BCUT2D eigenvalue weighted by Gasteiger charge is 2.41. The third kappa shape index (κ3) is 4.12. The largest absolute Gasteiger partial charge is 0.484 e. The summed E-state index contributed by atoms with van der Waals surface area (Å²) in [6, 6.07) is 7.03. The van der Waals surface area contributed by atoms with Crippen molar-refractivity contribution in [2.45, 2.75) is 31.2 Å². The first-order valence-electron chi connectivity index (χ1n) is 8.66. The fourth-order valence-electron chi connectivity index (χ4n) is 3.23. The van der Waals surface area contributed by atoms with Gasteiger partial charge in [0, 0.05) is 24.7 Å². The third-order valence-electron chi connectivity index (χ3n) is 4.71. The zero-order chi connectivity index (χ0) is 18.6. The number of rotatable bonds is 6. The number of carboxylic acids is 1. The molecule has 0 saturated carbocycles. The molecule has 7 nitrogen and oxygen atoms in total. The van der Waals surface area contributed by atoms with Crippen LogP contribution in [0.2, 0.25) is 0 Å². The summed E-state index contributed by atoms with van der Waals surface area (Å²) in [4.78, 5) is 37.4. The lowest BCUT2D eigenvalue weighted by Crippen LogP contribution is -2.57. The molecule has 2 amide bonds. The topological polar surface area (TPSA) is 95.9 Å². The molecule has 2 N–H and O–H groups in total. The Hall–Kier alpha value is -2.22. The summed E-state index contributed by atoms with van der Waals surface area (Å²) in [7, 11) is 0. The summed E-state index contributed by atoms with van der Waals surface area (Å²) in [6.45, 7) is 0.418. The van der Waals surface area contributed by atoms with E-state index in [1.54, 1.807) is 34.9 Å². The van der Waals surface area contributed by atoms with Gasteiger partial charge in [-0.15, -0.1) is 0 Å². The molecule has 26 heavy (non-hydrogen) atoms. The van der Waals surface area contributed by atoms with E-state index in [1.807, 2.05) is 6.07 Å². The van der Waals surface area contributed by atoms with Crippen molar-refractivity contribution in [2.75, 3.05) is 29.6 Å². The SMILES string of the molecule is O=C(COc1cccc(N2CCCC2=O)c1)NC1(C(=O)O)CCSCC1. The van der Waals surface area contributed by atoms with Crippen LogP contribution in [0.3, 0.4) is 0 Å². The Bertz CT molecular complexity index is 703. The molecule has 8 heteroatoms. The van der Waals surface area contributed by atoms with Crippen molar-refractivity contribution in [3.8, 4) is 5.75 Å². The number of ether oxygens (including phenoxy) is 1. The van der Waals surface area contributed by atoms with Crippen molar-refractivity contribution < 1.29 is 24.2 Å². The minimum Gasteiger partial charge on any atom is -0.484 e. The summed E-state index contributed by atoms with van der Waals surface area (Å²) in [5.74, 6) is 0.514. The van der Waals surface area contributed by atoms with Crippen LogP contribution in [0.1, 0.15) is 25.7 Å². The molecular weight excluding hydrogens is 356 g/mol. The van der Waals surface area contributed by atoms with Gasteiger partial charge in [-0.1, -0.05) is 6.07 Å². The Kier molecular flexibility index (Phi) is 5.70. The van der Waals surface area contributed by atoms with Gasteiger partial charge < -0.3 is 20.1 Å². The Morgan fingerprint density at radius 1 is 1.31 bits per heavy atom. The van der Waals surface area contributed by atoms with Gasteiger partial charge in [-0.25, -0.2) is 4.79 Å². The van der Waals surface area contributed by atoms with E-state index in [-0.39, 0.29) is 12.5 Å². The summed E-state index contributed by atoms with van der Waals surface area (Å²) < 4.78 is 5.52. The predicted octanol–water partition coefficient (Wildman–Crippen LogP) is 1.66. The molecule has 2 aliphatic rings. The van der Waals surface area contributed by atoms with Crippen LogP contribution in [0.5, 0.6) is 5.75 Å². The normalized spacial score (nSPS) is 19.2. The van der Waals surface area contributed by atoms with E-state index in [2.05, 4.69) is 5.32 Å². The number of hydrogen-bond donors (Lipinski definition) is 2. The number of carboxylic acid groups (broad SMARTS) is 1. The monoisotopic (exact) mass is 378 g/mol. The second-order valence-corrected chi connectivity index (χ2v) is 7.71. The highest BCUT2D eigenvalue weighted by atomic mass is 32.2. The summed E-state index contributed by atoms with van der Waals surface area (Å²) >= 11 is 1.69. The van der Waals surface area contributed by atoms with Crippen molar-refractivity contribution in [2.24, 2.45) is 0 Å². The smallest absolute Gasteiger partial charge is 0.329 e. The first kappa shape index (κ1) is 18.6. The average molecular weight is 378 g/mol. The van der Waals surface area contributed by atoms with Gasteiger partial charge >= 0.3 is 5.97 Å². The number of nitrogens with zero attached hydrogens (tertiary/aromatic N) is 1. The van der Waals surface area contributed by atoms with Crippen LogP contribution < -0.4 is 15.0 Å². The molecule has 0 aliphatic carbocycles. The molecular formula is C18H22N2O5S. The van der Waals surface area contributed by atoms with E-state index in [0.717, 1.165) is 12.1 Å². The molecule has 0 spiro atoms. The van der Waals surface area contributed by atoms with E-state index >= 15 is 0 Å². The van der Waals surface area contributed by atoms with Crippen LogP contribution in [0.25, 0.3) is 0 Å². The molecule has 0 bridgehead atoms. The number of amides is 2. The number of carbonyl (C=O) groups excluding carboxylic acids is 2. The Balaban J connectivity index is 1.59. The van der Waals surface area contributed by atoms with Gasteiger partial charge in [0.1, 0.15) is 11.3 Å². The molecule has 0 unspecified atom stereocenters. The molecule has 0 aromatic heterocycles. The number of thioether (sulfide) groups is 1. The number of anilines is 1. The van der Waals surface area contributed by atoms with Crippen molar-refractivity contribution in [1.29, 1.82) is 0 Å². The molecule has 1 aromatic carbocycles. The predicted molar refractivity (Wildman–Crippen MR) is 98.6 cm³/mol. The van der Waals surface area contributed by atoms with Gasteiger partial charge in [-0.05, 0) is 42.9 Å². The lowest BCUT2D eigenvalue weighted by atomic mass is 9.92. The second-order valence-electron chi connectivity index (χ2n) is 6.48. The minimum absolute atomic E-state index is 0.0819. The molecule has 2 saturated heterocycles. The van der Waals surface area contributed by atoms with Crippen LogP contribution >= 0.6 is 11.8 Å². The summed E-state index contributed by atoms with van der Waals surface area (Å²) in [5.41, 5.74) is -0.452. The van der Waals surface area contributed by atoms with Crippen LogP contribution in [-0.4, -0.2) is 53.1 Å². The lowest BCUT2D eigenvalue weighted by molar-refractivity contribution is -0.148. The molecule has 2 fully saturated rings. The van der Waals surface area contributed by atoms with E-state index in [4.69, 9.17) is 4.74 Å². The zero-order valence-electron chi connectivity index (χ0n) is 14.4. The van der Waals surface area contributed by atoms with Crippen molar-refractivity contribution in [3.63, 3.8) is 0 Å². The van der Waals surface area contributed by atoms with Crippen LogP contribution in [0.15, 0.2) is 24.3 Å². The maximum absolute atomic E-state index is 12.2. The lowest BCUT2D eigenvalue weighted by Gasteiger charge is -2.33. The molecule has 3 rings (SSSR count). The molecule has 2 aliphatic heterocycles. The van der Waals surface area contributed by atoms with Gasteiger partial charge in [0.25, 0.3) is 5.91 Å². The third-order valence-corrected chi connectivity index (χ3v) is 5.69. The second kappa shape index (κ2) is 7.99. The van der Waals surface area contributed by atoms with Gasteiger partial charge in [0.15, 0.2) is 6.61 Å². The van der Waals surface area contributed by atoms with Crippen LogP contribution in [0, 0.1) is 0 Å². The van der Waals surface area contributed by atoms with E-state index in [1.165, 1.54) is 0 Å². The van der Waals surface area contributed by atoms with Crippen LogP contribution in [0.4, 0.5) is 5.69 Å². The maximum atomic E-state index is 12.2. The number of nitrogens with one attached hydrogen (secondary N) is 1. The van der Waals surface area contributed by atoms with Gasteiger partial charge in [-0.3, -0.25) is 9.59 Å². The van der Waals surface area contributed by atoms with E-state index in [9.17, 15) is 19.5 Å². The van der Waals surface area contributed by atoms with E-state index < -0.39 is 17.4 Å². The quantitative estimate of drug-likeness (QED) is 0.782. The Morgan fingerprint density at radius 2 is 2.08 bits per heavy atom. The van der Waals surface area contributed by atoms with Gasteiger partial charge in [-0.2, -0.15) is 11.8 Å². The number of aliphatic carboxylic acids is 1. The van der Waals surface area contributed by atoms with Crippen LogP contribution in [-0.2, 0) is 14.4 Å². The molecule has 0 atom stereocenters. The highest BCUT2D eigenvalue weighted by molar-refractivity contribution is 7.99. The average Bonchev–Trinajstić information content (AvgIpc) is 3.07. The molecule has 0 radical (unpaired) electrons. The Morgan fingerprint density at radius 3 is 2.73 bits per heavy atom. The number of hydrogen-bond acceptors (Lipinski definition) is 5. The fraction of sp³-hybridized carbons (Fsp3) is 0.500. The number of carbonyl (C=O) groups is 3. The fourth-order valence-corrected chi connectivity index (χ4v) is 4.42. The zero-order valence-corrected chi connectivity index (χ0v) is 15.2. The summed E-state index contributed by atoms with van der Waals surface area (Å²) in [5, 5.41) is 12.1. The van der Waals surface area contributed by atoms with Crippen molar-refractivity contribution in [1.82, 2.24) is 5.32 Å². The molecule has 1 aromatic rings. The molecule has 140 valence electrons. The Labute approximate surface area is 156 Å². The molecule has 2 heterocycles. The first-order chi connectivity index (χ1) is 12.5. The standard InChI is InChI=1S/C18H22N2O5S/c21-15(19-18(17(23)24)6-9-26-10-7-18)12-25-14-4-1-3-13(11-14)20-8-2-5-16(20)22/h1,3-4,11H,2,5-10,12H2,(H,19,21)(H,23,24). The highest BCUT2D eigenvalue weighted by Crippen LogP contribution is 2.28. The van der Waals surface area contributed by atoms with Crippen molar-refractivity contribution in [3.05, 3.63) is 24.3 Å². The minimum atomic E-state index is -1.20. The number of benzene rings is 1. The maximum Gasteiger partial charge on any atom is 0.329 e. The summed E-state index contributed by atoms with van der Waals surface area (Å²) in [6.07, 6.45) is 2.20.